The number of carbonyl (C=O) groups excluding carboxylic acids is 2. The molecule has 1 aromatic heterocycles. The van der Waals surface area contributed by atoms with Crippen LogP contribution in [0.1, 0.15) is 53.7 Å². The molecule has 2 amide bonds. The van der Waals surface area contributed by atoms with Gasteiger partial charge in [0.05, 0.1) is 0 Å². The van der Waals surface area contributed by atoms with Gasteiger partial charge in [-0.3, -0.25) is 14.9 Å². The van der Waals surface area contributed by atoms with Crippen LogP contribution in [0, 0.1) is 0 Å². The molecule has 4 rings (SSSR count). The molecule has 3 aromatic rings. The molecule has 1 aliphatic rings. The van der Waals surface area contributed by atoms with E-state index in [0.717, 1.165) is 22.3 Å². The number of carboxylic acid groups (broad SMARTS) is 1. The SMILES string of the molecule is CC(CCCC(=O)O)NC(=O)c1cccc(NC(=O)OCC2c3ccccc3-c3ccccc32)n1. The summed E-state index contributed by atoms with van der Waals surface area (Å²) in [4.78, 5) is 39.8. The number of amides is 2. The highest BCUT2D eigenvalue weighted by Gasteiger charge is 2.29. The van der Waals surface area contributed by atoms with Crippen LogP contribution >= 0.6 is 0 Å². The molecule has 0 fully saturated rings. The molecule has 0 radical (unpaired) electrons. The lowest BCUT2D eigenvalue weighted by atomic mass is 9.98. The second-order valence-corrected chi connectivity index (χ2v) is 8.52. The average molecular weight is 474 g/mol. The molecule has 2 aromatic carbocycles. The van der Waals surface area contributed by atoms with Gasteiger partial charge in [0.25, 0.3) is 5.91 Å². The molecule has 8 nitrogen and oxygen atoms in total. The first-order chi connectivity index (χ1) is 16.9. The number of nitrogens with zero attached hydrogens (tertiary/aromatic N) is 1. The van der Waals surface area contributed by atoms with Crippen LogP contribution in [0.3, 0.4) is 0 Å². The van der Waals surface area contributed by atoms with Gasteiger partial charge in [-0.05, 0) is 54.2 Å². The number of nitrogens with one attached hydrogen (secondary N) is 2. The van der Waals surface area contributed by atoms with Crippen molar-refractivity contribution in [1.29, 1.82) is 0 Å². The first-order valence-electron chi connectivity index (χ1n) is 11.5. The first kappa shape index (κ1) is 23.9. The standard InChI is InChI=1S/C27H27N3O5/c1-17(8-6-15-25(31)32)28-26(33)23-13-7-14-24(29-23)30-27(34)35-16-22-20-11-4-2-9-18(20)19-10-3-5-12-21(19)22/h2-5,7,9-14,17,22H,6,8,15-16H2,1H3,(H,28,33)(H,31,32)(H,29,30,34). The Balaban J connectivity index is 1.33. The minimum Gasteiger partial charge on any atom is -0.481 e. The number of carboxylic acids is 1. The van der Waals surface area contributed by atoms with Crippen molar-refractivity contribution in [3.8, 4) is 11.1 Å². The Morgan fingerprint density at radius 3 is 2.29 bits per heavy atom. The smallest absolute Gasteiger partial charge is 0.412 e. The summed E-state index contributed by atoms with van der Waals surface area (Å²) in [6, 6.07) is 20.7. The largest absolute Gasteiger partial charge is 0.481 e. The number of pyridine rings is 1. The van der Waals surface area contributed by atoms with Crippen molar-refractivity contribution in [2.75, 3.05) is 11.9 Å². The van der Waals surface area contributed by atoms with Crippen molar-refractivity contribution in [2.45, 2.75) is 38.1 Å². The van der Waals surface area contributed by atoms with Gasteiger partial charge >= 0.3 is 12.1 Å². The molecule has 1 aliphatic carbocycles. The number of carbonyl (C=O) groups is 3. The highest BCUT2D eigenvalue weighted by molar-refractivity contribution is 5.93. The van der Waals surface area contributed by atoms with Crippen LogP contribution in [0.4, 0.5) is 10.6 Å². The van der Waals surface area contributed by atoms with Crippen molar-refractivity contribution in [3.63, 3.8) is 0 Å². The van der Waals surface area contributed by atoms with Gasteiger partial charge in [-0.1, -0.05) is 54.6 Å². The summed E-state index contributed by atoms with van der Waals surface area (Å²) in [6.45, 7) is 1.98. The number of hydrogen-bond acceptors (Lipinski definition) is 5. The zero-order valence-corrected chi connectivity index (χ0v) is 19.4. The van der Waals surface area contributed by atoms with E-state index >= 15 is 0 Å². The van der Waals surface area contributed by atoms with E-state index < -0.39 is 18.0 Å². The summed E-state index contributed by atoms with van der Waals surface area (Å²) >= 11 is 0. The molecule has 0 bridgehead atoms. The van der Waals surface area contributed by atoms with Gasteiger partial charge in [-0.2, -0.15) is 0 Å². The van der Waals surface area contributed by atoms with Gasteiger partial charge in [-0.25, -0.2) is 9.78 Å². The van der Waals surface area contributed by atoms with E-state index in [4.69, 9.17) is 9.84 Å². The van der Waals surface area contributed by atoms with Gasteiger partial charge in [0.15, 0.2) is 0 Å². The van der Waals surface area contributed by atoms with E-state index in [-0.39, 0.29) is 36.5 Å². The molecule has 35 heavy (non-hydrogen) atoms. The highest BCUT2D eigenvalue weighted by atomic mass is 16.5. The van der Waals surface area contributed by atoms with E-state index in [1.54, 1.807) is 25.1 Å². The fraction of sp³-hybridized carbons (Fsp3) is 0.259. The van der Waals surface area contributed by atoms with Gasteiger partial charge < -0.3 is 15.2 Å². The molecule has 180 valence electrons. The van der Waals surface area contributed by atoms with E-state index in [2.05, 4.69) is 27.8 Å². The average Bonchev–Trinajstić information content (AvgIpc) is 3.16. The Labute approximate surface area is 203 Å². The summed E-state index contributed by atoms with van der Waals surface area (Å²) in [6.07, 6.45) is 0.403. The summed E-state index contributed by atoms with van der Waals surface area (Å²) in [5.74, 6) is -1.12. The van der Waals surface area contributed by atoms with Gasteiger partial charge in [-0.15, -0.1) is 0 Å². The molecule has 8 heteroatoms. The van der Waals surface area contributed by atoms with Gasteiger partial charge in [0, 0.05) is 18.4 Å². The first-order valence-corrected chi connectivity index (χ1v) is 11.5. The Hall–Kier alpha value is -4.20. The summed E-state index contributed by atoms with van der Waals surface area (Å²) in [7, 11) is 0. The number of rotatable bonds is 9. The van der Waals surface area contributed by atoms with Crippen molar-refractivity contribution in [3.05, 3.63) is 83.6 Å². The maximum absolute atomic E-state index is 12.5. The third-order valence-electron chi connectivity index (χ3n) is 5.96. The van der Waals surface area contributed by atoms with Crippen LogP contribution in [0.25, 0.3) is 11.1 Å². The lowest BCUT2D eigenvalue weighted by molar-refractivity contribution is -0.137. The third-order valence-corrected chi connectivity index (χ3v) is 5.96. The van der Waals surface area contributed by atoms with E-state index in [0.29, 0.717) is 12.8 Å². The molecule has 0 aliphatic heterocycles. The summed E-state index contributed by atoms with van der Waals surface area (Å²) in [5, 5.41) is 14.1. The molecule has 1 unspecified atom stereocenters. The third kappa shape index (κ3) is 5.84. The summed E-state index contributed by atoms with van der Waals surface area (Å²) < 4.78 is 5.53. The van der Waals surface area contributed by atoms with E-state index in [1.807, 2.05) is 36.4 Å². The second kappa shape index (κ2) is 10.8. The van der Waals surface area contributed by atoms with Crippen molar-refractivity contribution < 1.29 is 24.2 Å². The zero-order chi connectivity index (χ0) is 24.8. The van der Waals surface area contributed by atoms with Crippen LogP contribution in [0.15, 0.2) is 66.7 Å². The number of hydrogen-bond donors (Lipinski definition) is 3. The van der Waals surface area contributed by atoms with Gasteiger partial charge in [0.1, 0.15) is 18.1 Å². The molecule has 3 N–H and O–H groups in total. The lowest BCUT2D eigenvalue weighted by Crippen LogP contribution is -2.33. The maximum Gasteiger partial charge on any atom is 0.412 e. The maximum atomic E-state index is 12.5. The molecule has 1 atom stereocenters. The van der Waals surface area contributed by atoms with Crippen molar-refractivity contribution in [1.82, 2.24) is 10.3 Å². The summed E-state index contributed by atoms with van der Waals surface area (Å²) in [5.41, 5.74) is 4.68. The van der Waals surface area contributed by atoms with Crippen LogP contribution < -0.4 is 10.6 Å². The number of ether oxygens (including phenoxy) is 1. The molecule has 0 saturated carbocycles. The van der Waals surface area contributed by atoms with Crippen LogP contribution in [-0.4, -0.2) is 40.7 Å². The topological polar surface area (TPSA) is 118 Å². The Morgan fingerprint density at radius 2 is 1.63 bits per heavy atom. The molecule has 1 heterocycles. The Kier molecular flexibility index (Phi) is 7.40. The Bertz CT molecular complexity index is 1200. The number of fused-ring (bicyclic) bond motifs is 3. The number of benzene rings is 2. The fourth-order valence-corrected chi connectivity index (χ4v) is 4.30. The van der Waals surface area contributed by atoms with Gasteiger partial charge in [0.2, 0.25) is 0 Å². The number of aromatic nitrogens is 1. The number of anilines is 1. The zero-order valence-electron chi connectivity index (χ0n) is 19.4. The minimum atomic E-state index is -0.864. The Morgan fingerprint density at radius 1 is 0.971 bits per heavy atom. The van der Waals surface area contributed by atoms with Crippen LogP contribution in [0.5, 0.6) is 0 Å². The molecule has 0 saturated heterocycles. The van der Waals surface area contributed by atoms with E-state index in [1.165, 1.54) is 0 Å². The molecular formula is C27H27N3O5. The van der Waals surface area contributed by atoms with Crippen LogP contribution in [0.2, 0.25) is 0 Å². The predicted molar refractivity (Wildman–Crippen MR) is 131 cm³/mol. The van der Waals surface area contributed by atoms with Crippen molar-refractivity contribution in [2.24, 2.45) is 0 Å². The lowest BCUT2D eigenvalue weighted by Gasteiger charge is -2.15. The number of aliphatic carboxylic acids is 1. The molecular weight excluding hydrogens is 446 g/mol. The molecule has 0 spiro atoms. The van der Waals surface area contributed by atoms with Crippen molar-refractivity contribution >= 4 is 23.8 Å². The predicted octanol–water partition coefficient (Wildman–Crippen LogP) is 4.82. The minimum absolute atomic E-state index is 0.0536. The fourth-order valence-electron chi connectivity index (χ4n) is 4.30. The monoisotopic (exact) mass is 473 g/mol. The highest BCUT2D eigenvalue weighted by Crippen LogP contribution is 2.44. The normalized spacial score (nSPS) is 12.8. The quantitative estimate of drug-likeness (QED) is 0.410. The second-order valence-electron chi connectivity index (χ2n) is 8.52. The van der Waals surface area contributed by atoms with E-state index in [9.17, 15) is 14.4 Å². The van der Waals surface area contributed by atoms with Crippen LogP contribution in [-0.2, 0) is 9.53 Å².